The van der Waals surface area contributed by atoms with Gasteiger partial charge in [-0.25, -0.2) is 14.3 Å². The first-order valence-electron chi connectivity index (χ1n) is 10.4. The second-order valence-electron chi connectivity index (χ2n) is 7.73. The summed E-state index contributed by atoms with van der Waals surface area (Å²) in [5, 5.41) is 26.2. The molecule has 184 valence electrons. The minimum absolute atomic E-state index is 0.0772. The van der Waals surface area contributed by atoms with Crippen LogP contribution >= 0.6 is 11.6 Å². The standard InChI is InChI=1S/C25H17ClF3N3O4/c26-21-10-7-18(11-20(21)24(35)36)30-12-16-13-32(19-8-5-17(6-9-19)25(27,28)29)31-22(16)14-1-3-15(4-2-14)23(33)34/h1-11,13,30H,12H2,(H,33,34)(H,35,36). The fourth-order valence-electron chi connectivity index (χ4n) is 3.48. The van der Waals surface area contributed by atoms with E-state index in [0.29, 0.717) is 28.2 Å². The van der Waals surface area contributed by atoms with Crippen molar-refractivity contribution in [2.45, 2.75) is 12.7 Å². The zero-order valence-corrected chi connectivity index (χ0v) is 19.0. The highest BCUT2D eigenvalue weighted by Crippen LogP contribution is 2.31. The highest BCUT2D eigenvalue weighted by molar-refractivity contribution is 6.33. The Kier molecular flexibility index (Phi) is 6.71. The van der Waals surface area contributed by atoms with Gasteiger partial charge >= 0.3 is 18.1 Å². The van der Waals surface area contributed by atoms with E-state index in [1.165, 1.54) is 41.1 Å². The van der Waals surface area contributed by atoms with E-state index >= 15 is 0 Å². The number of carboxylic acids is 2. The number of hydrogen-bond donors (Lipinski definition) is 3. The van der Waals surface area contributed by atoms with E-state index in [0.717, 1.165) is 12.1 Å². The molecule has 0 atom stereocenters. The number of rotatable bonds is 7. The third-order valence-electron chi connectivity index (χ3n) is 5.33. The van der Waals surface area contributed by atoms with Gasteiger partial charge in [-0.15, -0.1) is 0 Å². The number of anilines is 1. The highest BCUT2D eigenvalue weighted by Gasteiger charge is 2.30. The number of carboxylic acid groups (broad SMARTS) is 2. The minimum Gasteiger partial charge on any atom is -0.478 e. The predicted octanol–water partition coefficient (Wildman–Crippen LogP) is 6.22. The second kappa shape index (κ2) is 9.74. The second-order valence-corrected chi connectivity index (χ2v) is 8.14. The summed E-state index contributed by atoms with van der Waals surface area (Å²) in [6.45, 7) is 0.178. The van der Waals surface area contributed by atoms with E-state index in [1.54, 1.807) is 24.4 Å². The van der Waals surface area contributed by atoms with E-state index < -0.39 is 23.7 Å². The molecule has 0 saturated heterocycles. The van der Waals surface area contributed by atoms with Crippen LogP contribution in [-0.4, -0.2) is 31.9 Å². The zero-order chi connectivity index (χ0) is 26.0. The van der Waals surface area contributed by atoms with E-state index in [1.807, 2.05) is 0 Å². The van der Waals surface area contributed by atoms with Crippen LogP contribution in [0.3, 0.4) is 0 Å². The highest BCUT2D eigenvalue weighted by atomic mass is 35.5. The van der Waals surface area contributed by atoms with Gasteiger partial charge in [0.05, 0.1) is 33.1 Å². The molecule has 0 aliphatic heterocycles. The fraction of sp³-hybridized carbons (Fsp3) is 0.0800. The molecular formula is C25H17ClF3N3O4. The van der Waals surface area contributed by atoms with Crippen molar-refractivity contribution in [3.05, 3.63) is 100 Å². The molecule has 0 unspecified atom stereocenters. The Morgan fingerprint density at radius 2 is 1.61 bits per heavy atom. The van der Waals surface area contributed by atoms with Gasteiger partial charge in [0.1, 0.15) is 0 Å². The number of nitrogens with zero attached hydrogens (tertiary/aromatic N) is 2. The minimum atomic E-state index is -4.47. The quantitative estimate of drug-likeness (QED) is 0.270. The molecule has 36 heavy (non-hydrogen) atoms. The number of nitrogens with one attached hydrogen (secondary N) is 1. The Hall–Kier alpha value is -4.31. The maximum absolute atomic E-state index is 12.9. The van der Waals surface area contributed by atoms with Crippen LogP contribution in [0.25, 0.3) is 16.9 Å². The Bertz CT molecular complexity index is 1430. The lowest BCUT2D eigenvalue weighted by molar-refractivity contribution is -0.137. The third kappa shape index (κ3) is 5.33. The maximum Gasteiger partial charge on any atom is 0.416 e. The Labute approximate surface area is 207 Å². The summed E-state index contributed by atoms with van der Waals surface area (Å²) in [6.07, 6.45) is -2.84. The molecule has 7 nitrogen and oxygen atoms in total. The largest absolute Gasteiger partial charge is 0.478 e. The van der Waals surface area contributed by atoms with Crippen molar-refractivity contribution < 1.29 is 33.0 Å². The first kappa shape index (κ1) is 24.8. The van der Waals surface area contributed by atoms with Gasteiger partial charge in [-0.3, -0.25) is 0 Å². The summed E-state index contributed by atoms with van der Waals surface area (Å²) in [6, 6.07) is 14.9. The van der Waals surface area contributed by atoms with Gasteiger partial charge in [-0.2, -0.15) is 18.3 Å². The first-order chi connectivity index (χ1) is 17.0. The van der Waals surface area contributed by atoms with Gasteiger partial charge in [-0.05, 0) is 54.6 Å². The van der Waals surface area contributed by atoms with Crippen LogP contribution in [0.2, 0.25) is 5.02 Å². The predicted molar refractivity (Wildman–Crippen MR) is 127 cm³/mol. The number of halogens is 4. The molecule has 4 rings (SSSR count). The number of carbonyl (C=O) groups is 2. The van der Waals surface area contributed by atoms with Crippen LogP contribution in [0.4, 0.5) is 18.9 Å². The van der Waals surface area contributed by atoms with Crippen molar-refractivity contribution in [3.63, 3.8) is 0 Å². The molecule has 0 spiro atoms. The smallest absolute Gasteiger partial charge is 0.416 e. The Morgan fingerprint density at radius 1 is 0.944 bits per heavy atom. The molecule has 0 amide bonds. The fourth-order valence-corrected chi connectivity index (χ4v) is 3.68. The van der Waals surface area contributed by atoms with Gasteiger partial charge in [0.25, 0.3) is 0 Å². The van der Waals surface area contributed by atoms with Crippen molar-refractivity contribution in [3.8, 4) is 16.9 Å². The molecule has 0 saturated carbocycles. The lowest BCUT2D eigenvalue weighted by atomic mass is 10.1. The molecule has 11 heteroatoms. The molecule has 0 aliphatic rings. The van der Waals surface area contributed by atoms with E-state index in [2.05, 4.69) is 10.4 Å². The van der Waals surface area contributed by atoms with Gasteiger partial charge in [0.2, 0.25) is 0 Å². The van der Waals surface area contributed by atoms with E-state index in [9.17, 15) is 27.9 Å². The molecule has 1 heterocycles. The molecule has 0 fully saturated rings. The summed E-state index contributed by atoms with van der Waals surface area (Å²) in [4.78, 5) is 22.6. The average molecular weight is 516 g/mol. The normalized spacial score (nSPS) is 11.3. The molecule has 4 aromatic rings. The number of aromatic nitrogens is 2. The third-order valence-corrected chi connectivity index (χ3v) is 5.66. The SMILES string of the molecule is O=C(O)c1ccc(-c2nn(-c3ccc(C(F)(F)F)cc3)cc2CNc2ccc(Cl)c(C(=O)O)c2)cc1. The van der Waals surface area contributed by atoms with Crippen LogP contribution in [0.15, 0.2) is 72.9 Å². The van der Waals surface area contributed by atoms with Crippen LogP contribution in [-0.2, 0) is 12.7 Å². The Morgan fingerprint density at radius 3 is 2.19 bits per heavy atom. The van der Waals surface area contributed by atoms with E-state index in [-0.39, 0.29) is 22.7 Å². The lowest BCUT2D eigenvalue weighted by Gasteiger charge is -2.09. The summed E-state index contributed by atoms with van der Waals surface area (Å²) >= 11 is 5.92. The van der Waals surface area contributed by atoms with Crippen molar-refractivity contribution in [1.82, 2.24) is 9.78 Å². The summed E-state index contributed by atoms with van der Waals surface area (Å²) in [5.41, 5.74) is 1.77. The van der Waals surface area contributed by atoms with E-state index in [4.69, 9.17) is 16.7 Å². The van der Waals surface area contributed by atoms with Crippen LogP contribution in [0.5, 0.6) is 0 Å². The summed E-state index contributed by atoms with van der Waals surface area (Å²) < 4.78 is 40.3. The topological polar surface area (TPSA) is 104 Å². The van der Waals surface area contributed by atoms with Gasteiger partial charge < -0.3 is 15.5 Å². The number of aromatic carboxylic acids is 2. The number of benzene rings is 3. The van der Waals surface area contributed by atoms with Gasteiger partial charge in [0, 0.05) is 29.6 Å². The van der Waals surface area contributed by atoms with Crippen molar-refractivity contribution in [2.75, 3.05) is 5.32 Å². The Balaban J connectivity index is 1.70. The van der Waals surface area contributed by atoms with Crippen molar-refractivity contribution >= 4 is 29.2 Å². The monoisotopic (exact) mass is 515 g/mol. The van der Waals surface area contributed by atoms with Crippen molar-refractivity contribution in [1.29, 1.82) is 0 Å². The van der Waals surface area contributed by atoms with Crippen LogP contribution < -0.4 is 5.32 Å². The zero-order valence-electron chi connectivity index (χ0n) is 18.3. The molecule has 0 aliphatic carbocycles. The van der Waals surface area contributed by atoms with Crippen LogP contribution in [0, 0.1) is 0 Å². The molecule has 3 N–H and O–H groups in total. The number of alkyl halides is 3. The van der Waals surface area contributed by atoms with Gasteiger partial charge in [0.15, 0.2) is 0 Å². The van der Waals surface area contributed by atoms with Crippen molar-refractivity contribution in [2.24, 2.45) is 0 Å². The summed E-state index contributed by atoms with van der Waals surface area (Å²) in [7, 11) is 0. The van der Waals surface area contributed by atoms with Crippen LogP contribution in [0.1, 0.15) is 31.8 Å². The van der Waals surface area contributed by atoms with Gasteiger partial charge in [-0.1, -0.05) is 23.7 Å². The number of hydrogen-bond acceptors (Lipinski definition) is 4. The molecule has 3 aromatic carbocycles. The molecule has 0 radical (unpaired) electrons. The molecule has 0 bridgehead atoms. The lowest BCUT2D eigenvalue weighted by Crippen LogP contribution is -2.05. The first-order valence-corrected chi connectivity index (χ1v) is 10.8. The average Bonchev–Trinajstić information content (AvgIpc) is 3.27. The molecule has 1 aromatic heterocycles. The maximum atomic E-state index is 12.9. The molecular weight excluding hydrogens is 499 g/mol. The summed E-state index contributed by atoms with van der Waals surface area (Å²) in [5.74, 6) is -2.27.